The molecule has 4 aromatic rings. The second-order valence-corrected chi connectivity index (χ2v) is 10.1. The molecule has 7 nitrogen and oxygen atoms in total. The molecule has 0 saturated carbocycles. The molecule has 0 fully saturated rings. The van der Waals surface area contributed by atoms with Crippen LogP contribution in [0.2, 0.25) is 5.02 Å². The van der Waals surface area contributed by atoms with Gasteiger partial charge in [0.1, 0.15) is 5.82 Å². The van der Waals surface area contributed by atoms with E-state index < -0.39 is 10.0 Å². The molecule has 1 N–H and O–H groups in total. The summed E-state index contributed by atoms with van der Waals surface area (Å²) in [6.45, 7) is 1.84. The Morgan fingerprint density at radius 2 is 1.79 bits per heavy atom. The first-order valence-corrected chi connectivity index (χ1v) is 12.8. The van der Waals surface area contributed by atoms with Crippen molar-refractivity contribution in [3.8, 4) is 11.1 Å². The van der Waals surface area contributed by atoms with Crippen LogP contribution in [0.15, 0.2) is 71.7 Å². The lowest BCUT2D eigenvalue weighted by atomic mass is 9.94. The predicted octanol–water partition coefficient (Wildman–Crippen LogP) is 4.73. The minimum atomic E-state index is -3.46. The quantitative estimate of drug-likeness (QED) is 0.374. The number of fused-ring (bicyclic) bond motifs is 1. The van der Waals surface area contributed by atoms with Crippen LogP contribution in [-0.2, 0) is 16.6 Å². The monoisotopic (exact) mass is 495 g/mol. The lowest BCUT2D eigenvalue weighted by Crippen LogP contribution is -2.28. The van der Waals surface area contributed by atoms with E-state index in [1.54, 1.807) is 31.2 Å². The summed E-state index contributed by atoms with van der Waals surface area (Å²) >= 11 is 6.28. The molecule has 0 saturated heterocycles. The average Bonchev–Trinajstić information content (AvgIpc) is 2.80. The Bertz CT molecular complexity index is 1550. The summed E-state index contributed by atoms with van der Waals surface area (Å²) in [4.78, 5) is 30.9. The van der Waals surface area contributed by atoms with Crippen molar-refractivity contribution in [2.24, 2.45) is 0 Å². The molecule has 0 radical (unpaired) electrons. The van der Waals surface area contributed by atoms with Crippen molar-refractivity contribution in [2.75, 3.05) is 11.0 Å². The predicted molar refractivity (Wildman–Crippen MR) is 135 cm³/mol. The van der Waals surface area contributed by atoms with Gasteiger partial charge in [-0.2, -0.15) is 0 Å². The maximum Gasteiger partial charge on any atom is 0.259 e. The summed E-state index contributed by atoms with van der Waals surface area (Å²) in [5, 5.41) is 1.52. The highest BCUT2D eigenvalue weighted by atomic mass is 35.5. The Morgan fingerprint density at radius 3 is 2.41 bits per heavy atom. The summed E-state index contributed by atoms with van der Waals surface area (Å²) in [5.41, 5.74) is 2.06. The molecule has 2 aromatic heterocycles. The number of aromatic nitrogens is 2. The van der Waals surface area contributed by atoms with Gasteiger partial charge in [-0.1, -0.05) is 54.9 Å². The van der Waals surface area contributed by atoms with E-state index in [1.165, 1.54) is 16.8 Å². The highest BCUT2D eigenvalue weighted by Crippen LogP contribution is 2.33. The van der Waals surface area contributed by atoms with Crippen LogP contribution < -0.4 is 10.3 Å². The van der Waals surface area contributed by atoms with Gasteiger partial charge in [0.2, 0.25) is 10.0 Å². The number of carbonyl (C=O) groups is 1. The van der Waals surface area contributed by atoms with E-state index in [0.29, 0.717) is 32.6 Å². The summed E-state index contributed by atoms with van der Waals surface area (Å²) in [6, 6.07) is 17.6. The highest BCUT2D eigenvalue weighted by molar-refractivity contribution is 7.92. The number of hydrogen-bond donors (Lipinski definition) is 1. The number of anilines is 1. The van der Waals surface area contributed by atoms with Crippen LogP contribution in [0.3, 0.4) is 0 Å². The summed E-state index contributed by atoms with van der Waals surface area (Å²) in [7, 11) is -3.46. The zero-order valence-corrected chi connectivity index (χ0v) is 20.2. The molecule has 4 rings (SSSR count). The van der Waals surface area contributed by atoms with Crippen molar-refractivity contribution in [3.63, 3.8) is 0 Å². The zero-order valence-electron chi connectivity index (χ0n) is 18.6. The van der Waals surface area contributed by atoms with Crippen molar-refractivity contribution in [2.45, 2.75) is 19.9 Å². The third-order valence-corrected chi connectivity index (χ3v) is 6.15. The molecule has 2 heterocycles. The first kappa shape index (κ1) is 23.7. The van der Waals surface area contributed by atoms with Crippen molar-refractivity contribution < 1.29 is 13.2 Å². The van der Waals surface area contributed by atoms with Crippen LogP contribution in [0.1, 0.15) is 29.4 Å². The molecule has 2 aromatic carbocycles. The number of pyridine rings is 2. The van der Waals surface area contributed by atoms with Crippen LogP contribution in [0.4, 0.5) is 5.82 Å². The Labute approximate surface area is 202 Å². The van der Waals surface area contributed by atoms with Gasteiger partial charge < -0.3 is 0 Å². The zero-order chi connectivity index (χ0) is 24.5. The average molecular weight is 496 g/mol. The minimum absolute atomic E-state index is 0.0878. The van der Waals surface area contributed by atoms with E-state index in [4.69, 9.17) is 11.6 Å². The van der Waals surface area contributed by atoms with Crippen LogP contribution in [-0.4, -0.2) is 30.0 Å². The van der Waals surface area contributed by atoms with E-state index in [2.05, 4.69) is 9.71 Å². The number of sulfonamides is 1. The normalized spacial score (nSPS) is 11.5. The van der Waals surface area contributed by atoms with Gasteiger partial charge in [-0.05, 0) is 40.8 Å². The highest BCUT2D eigenvalue weighted by Gasteiger charge is 2.23. The fourth-order valence-corrected chi connectivity index (χ4v) is 4.55. The topological polar surface area (TPSA) is 98.1 Å². The standard InChI is InChI=1S/C25H22ClN3O4S/c1-3-21(30)24-23(17-7-5-4-6-8-17)20-13-18(26)10-11-19(20)25(31)29(24)15-16-9-12-22(27-14-16)28-34(2,32)33/h4-14H,3,15H2,1-2H3,(H,27,28). The van der Waals surface area contributed by atoms with Crippen molar-refractivity contribution >= 4 is 44.0 Å². The molecular formula is C25H22ClN3O4S. The maximum absolute atomic E-state index is 13.6. The molecule has 0 unspecified atom stereocenters. The van der Waals surface area contributed by atoms with Gasteiger partial charge >= 0.3 is 0 Å². The molecule has 0 aliphatic carbocycles. The molecule has 0 atom stereocenters. The molecular weight excluding hydrogens is 474 g/mol. The van der Waals surface area contributed by atoms with E-state index in [9.17, 15) is 18.0 Å². The number of rotatable bonds is 7. The summed E-state index contributed by atoms with van der Waals surface area (Å²) in [5.74, 6) is -0.0114. The van der Waals surface area contributed by atoms with E-state index >= 15 is 0 Å². The molecule has 0 aliphatic rings. The molecule has 174 valence electrons. The number of ketones is 1. The molecule has 0 bridgehead atoms. The molecule has 9 heteroatoms. The second kappa shape index (κ2) is 9.40. The van der Waals surface area contributed by atoms with Gasteiger partial charge in [-0.3, -0.25) is 18.9 Å². The maximum atomic E-state index is 13.6. The number of nitrogens with one attached hydrogen (secondary N) is 1. The number of nitrogens with zero attached hydrogens (tertiary/aromatic N) is 2. The van der Waals surface area contributed by atoms with Crippen LogP contribution in [0.25, 0.3) is 21.9 Å². The van der Waals surface area contributed by atoms with E-state index in [-0.39, 0.29) is 30.1 Å². The first-order valence-electron chi connectivity index (χ1n) is 10.6. The van der Waals surface area contributed by atoms with Gasteiger partial charge in [-0.15, -0.1) is 0 Å². The lowest BCUT2D eigenvalue weighted by molar-refractivity contribution is 0.0979. The van der Waals surface area contributed by atoms with E-state index in [1.807, 2.05) is 30.3 Å². The smallest absolute Gasteiger partial charge is 0.259 e. The molecule has 0 aliphatic heterocycles. The Morgan fingerprint density at radius 1 is 1.06 bits per heavy atom. The number of hydrogen-bond acceptors (Lipinski definition) is 5. The number of halogens is 1. The van der Waals surface area contributed by atoms with Gasteiger partial charge in [0, 0.05) is 28.6 Å². The van der Waals surface area contributed by atoms with Crippen LogP contribution in [0, 0.1) is 0 Å². The minimum Gasteiger partial charge on any atom is -0.300 e. The number of benzene rings is 2. The third kappa shape index (κ3) is 4.88. The third-order valence-electron chi connectivity index (χ3n) is 5.34. The SMILES string of the molecule is CCC(=O)c1c(-c2ccccc2)c2cc(Cl)ccc2c(=O)n1Cc1ccc(NS(C)(=O)=O)nc1. The van der Waals surface area contributed by atoms with Crippen molar-refractivity contribution in [1.82, 2.24) is 9.55 Å². The Kier molecular flexibility index (Phi) is 6.54. The van der Waals surface area contributed by atoms with Gasteiger partial charge in [0.25, 0.3) is 5.56 Å². The Hall–Kier alpha value is -3.49. The lowest BCUT2D eigenvalue weighted by Gasteiger charge is -2.19. The summed E-state index contributed by atoms with van der Waals surface area (Å²) in [6.07, 6.45) is 2.73. The van der Waals surface area contributed by atoms with E-state index in [0.717, 1.165) is 11.8 Å². The second-order valence-electron chi connectivity index (χ2n) is 7.87. The fourth-order valence-electron chi connectivity index (χ4n) is 3.88. The summed E-state index contributed by atoms with van der Waals surface area (Å²) < 4.78 is 26.7. The Balaban J connectivity index is 1.96. The first-order chi connectivity index (χ1) is 16.2. The van der Waals surface area contributed by atoms with Crippen LogP contribution in [0.5, 0.6) is 0 Å². The van der Waals surface area contributed by atoms with Crippen molar-refractivity contribution in [3.05, 3.63) is 93.5 Å². The van der Waals surface area contributed by atoms with Gasteiger partial charge in [0.05, 0.1) is 18.5 Å². The van der Waals surface area contributed by atoms with Crippen molar-refractivity contribution in [1.29, 1.82) is 0 Å². The largest absolute Gasteiger partial charge is 0.300 e. The van der Waals surface area contributed by atoms with Crippen LogP contribution >= 0.6 is 11.6 Å². The molecule has 34 heavy (non-hydrogen) atoms. The fraction of sp³-hybridized carbons (Fsp3) is 0.160. The number of carbonyl (C=O) groups excluding carboxylic acids is 1. The molecule has 0 spiro atoms. The molecule has 0 amide bonds. The number of Topliss-reactive ketones (excluding diaryl/α,β-unsaturated/α-hetero) is 1. The van der Waals surface area contributed by atoms with Gasteiger partial charge in [-0.25, -0.2) is 13.4 Å². The van der Waals surface area contributed by atoms with Gasteiger partial charge in [0.15, 0.2) is 5.78 Å².